The third-order valence-corrected chi connectivity index (χ3v) is 15.3. The average Bonchev–Trinajstić information content (AvgIpc) is 3.58. The first kappa shape index (κ1) is 37.9. The smallest absolute Gasteiger partial charge is 0.264 e. The quantitative estimate of drug-likeness (QED) is 0.161. The van der Waals surface area contributed by atoms with E-state index in [2.05, 4.69) is 37.5 Å². The zero-order valence-electron chi connectivity index (χ0n) is 31.0. The second kappa shape index (κ2) is 15.7. The van der Waals surface area contributed by atoms with Crippen molar-refractivity contribution in [3.8, 4) is 5.75 Å². The molecule has 0 radical (unpaired) electrons. The molecule has 3 N–H and O–H groups in total. The third-order valence-electron chi connectivity index (χ3n) is 11.0. The van der Waals surface area contributed by atoms with Crippen molar-refractivity contribution in [3.05, 3.63) is 120 Å². The van der Waals surface area contributed by atoms with Crippen LogP contribution in [0.15, 0.2) is 103 Å². The van der Waals surface area contributed by atoms with Crippen LogP contribution in [0.4, 0.5) is 11.4 Å². The summed E-state index contributed by atoms with van der Waals surface area (Å²) in [6.45, 7) is 8.56. The number of carbonyl (C=O) groups excluding carboxylic acids is 3. The number of nitrogens with one attached hydrogen (secondary N) is 1. The molecule has 2 heterocycles. The van der Waals surface area contributed by atoms with Crippen LogP contribution in [0, 0.1) is 5.92 Å². The lowest BCUT2D eigenvalue weighted by atomic mass is 9.82. The molecular formula is C42H49N3O7Si. The van der Waals surface area contributed by atoms with Gasteiger partial charge in [-0.1, -0.05) is 98.0 Å². The van der Waals surface area contributed by atoms with Gasteiger partial charge < -0.3 is 34.8 Å². The number of fused-ring (bicyclic) bond motifs is 2. The van der Waals surface area contributed by atoms with E-state index >= 15 is 4.79 Å². The van der Waals surface area contributed by atoms with E-state index < -0.39 is 31.8 Å². The monoisotopic (exact) mass is 735 g/mol. The summed E-state index contributed by atoms with van der Waals surface area (Å²) >= 11 is 0. The molecule has 4 aromatic carbocycles. The van der Waals surface area contributed by atoms with E-state index in [1.54, 1.807) is 29.0 Å². The highest BCUT2D eigenvalue weighted by atomic mass is 28.3. The van der Waals surface area contributed by atoms with Crippen LogP contribution in [0.5, 0.6) is 5.75 Å². The van der Waals surface area contributed by atoms with E-state index in [1.165, 1.54) is 6.92 Å². The standard InChI is InChI=1S/C42H49N3O7Si/c1-28-39(53(4,5)34-19-17-33(51-3)18-20-34)37(25-38(48)44(22-23-46)26-30-12-8-6-9-13-30)52-42(28)35-24-32(43-40(49)29(2)47)16-21-36(35)45(41(42)50)27-31-14-10-7-11-15-31/h6-21,24,28-29,37,39,46-47H,22-23,25-27H2,1-5H3,(H,43,49)/t28-,29+,37+,39-,42+/m1/s1. The average molecular weight is 736 g/mol. The first-order chi connectivity index (χ1) is 25.4. The summed E-state index contributed by atoms with van der Waals surface area (Å²) in [5.74, 6) is -0.618. The molecule has 1 fully saturated rings. The molecule has 4 aromatic rings. The van der Waals surface area contributed by atoms with Gasteiger partial charge in [0.2, 0.25) is 5.91 Å². The Labute approximate surface area is 312 Å². The van der Waals surface area contributed by atoms with Crippen molar-refractivity contribution in [2.45, 2.75) is 69.8 Å². The van der Waals surface area contributed by atoms with E-state index in [1.807, 2.05) is 78.9 Å². The summed E-state index contributed by atoms with van der Waals surface area (Å²) in [7, 11) is -0.941. The number of hydrogen-bond acceptors (Lipinski definition) is 7. The zero-order valence-corrected chi connectivity index (χ0v) is 32.0. The van der Waals surface area contributed by atoms with Gasteiger partial charge in [-0.3, -0.25) is 14.4 Å². The number of nitrogens with zero attached hydrogens (tertiary/aromatic N) is 2. The number of methoxy groups -OCH3 is 1. The highest BCUT2D eigenvalue weighted by Gasteiger charge is 2.66. The zero-order chi connectivity index (χ0) is 37.9. The summed E-state index contributed by atoms with van der Waals surface area (Å²) in [6, 6.07) is 32.8. The lowest BCUT2D eigenvalue weighted by molar-refractivity contribution is -0.150. The Morgan fingerprint density at radius 3 is 2.23 bits per heavy atom. The van der Waals surface area contributed by atoms with Crippen molar-refractivity contribution in [3.63, 3.8) is 0 Å². The van der Waals surface area contributed by atoms with E-state index in [9.17, 15) is 19.8 Å². The number of ether oxygens (including phenoxy) is 2. The minimum absolute atomic E-state index is 0.00985. The number of benzene rings is 4. The van der Waals surface area contributed by atoms with E-state index in [-0.39, 0.29) is 42.8 Å². The van der Waals surface area contributed by atoms with E-state index in [0.29, 0.717) is 30.0 Å². The number of aliphatic hydroxyl groups excluding tert-OH is 2. The van der Waals surface area contributed by atoms with Crippen molar-refractivity contribution < 1.29 is 34.1 Å². The molecule has 278 valence electrons. The van der Waals surface area contributed by atoms with Gasteiger partial charge in [-0.15, -0.1) is 0 Å². The van der Waals surface area contributed by atoms with Crippen LogP contribution in [-0.2, 0) is 37.8 Å². The molecule has 1 saturated heterocycles. The fourth-order valence-electron chi connectivity index (χ4n) is 8.28. The van der Waals surface area contributed by atoms with Gasteiger partial charge in [-0.25, -0.2) is 0 Å². The Morgan fingerprint density at radius 1 is 0.981 bits per heavy atom. The summed E-state index contributed by atoms with van der Waals surface area (Å²) in [5.41, 5.74) is 1.92. The minimum atomic E-state index is -2.57. The fraction of sp³-hybridized carbons (Fsp3) is 0.357. The predicted molar refractivity (Wildman–Crippen MR) is 208 cm³/mol. The molecule has 0 saturated carbocycles. The number of anilines is 2. The van der Waals surface area contributed by atoms with Crippen LogP contribution in [0.25, 0.3) is 0 Å². The van der Waals surface area contributed by atoms with Crippen molar-refractivity contribution in [2.75, 3.05) is 30.5 Å². The second-order valence-electron chi connectivity index (χ2n) is 14.7. The first-order valence-corrected chi connectivity index (χ1v) is 21.2. The molecule has 1 spiro atoms. The first-order valence-electron chi connectivity index (χ1n) is 18.1. The van der Waals surface area contributed by atoms with Gasteiger partial charge in [0.15, 0.2) is 5.60 Å². The fourth-order valence-corrected chi connectivity index (χ4v) is 12.3. The second-order valence-corrected chi connectivity index (χ2v) is 19.3. The Balaban J connectivity index is 1.46. The number of carbonyl (C=O) groups is 3. The van der Waals surface area contributed by atoms with E-state index in [4.69, 9.17) is 9.47 Å². The number of rotatable bonds is 13. The lowest BCUT2D eigenvalue weighted by Crippen LogP contribution is -2.52. The van der Waals surface area contributed by atoms with Crippen LogP contribution in [0.3, 0.4) is 0 Å². The van der Waals surface area contributed by atoms with Crippen LogP contribution in [0.1, 0.15) is 37.0 Å². The molecule has 0 aliphatic carbocycles. The summed E-state index contributed by atoms with van der Waals surface area (Å²) in [6.07, 6.45) is -1.87. The van der Waals surface area contributed by atoms with Crippen molar-refractivity contribution >= 4 is 42.4 Å². The molecule has 10 nitrogen and oxygen atoms in total. The van der Waals surface area contributed by atoms with Crippen LogP contribution < -0.4 is 20.1 Å². The number of aliphatic hydroxyl groups is 2. The SMILES string of the molecule is COc1ccc([Si](C)(C)[C@H]2[C@H](CC(=O)N(CCO)Cc3ccccc3)O[C@@]3(C(=O)N(Cc4ccccc4)c4ccc(NC(=O)[C@H](C)O)cc43)[C@@H]2C)cc1. The Kier molecular flexibility index (Phi) is 11.2. The molecule has 6 rings (SSSR count). The molecular weight excluding hydrogens is 687 g/mol. The molecule has 0 unspecified atom stereocenters. The van der Waals surface area contributed by atoms with Gasteiger partial charge in [0.25, 0.3) is 11.8 Å². The molecule has 3 amide bonds. The molecule has 5 atom stereocenters. The molecule has 2 aliphatic rings. The van der Waals surface area contributed by atoms with Gasteiger partial charge in [0.1, 0.15) is 11.9 Å². The van der Waals surface area contributed by atoms with Gasteiger partial charge in [-0.2, -0.15) is 0 Å². The highest BCUT2D eigenvalue weighted by Crippen LogP contribution is 2.60. The number of amides is 3. The molecule has 53 heavy (non-hydrogen) atoms. The maximum absolute atomic E-state index is 15.2. The molecule has 11 heteroatoms. The van der Waals surface area contributed by atoms with Crippen molar-refractivity contribution in [2.24, 2.45) is 5.92 Å². The topological polar surface area (TPSA) is 129 Å². The summed E-state index contributed by atoms with van der Waals surface area (Å²) in [4.78, 5) is 45.6. The third kappa shape index (κ3) is 7.39. The van der Waals surface area contributed by atoms with Crippen LogP contribution in [0.2, 0.25) is 18.6 Å². The molecule has 0 bridgehead atoms. The Hall–Kier alpha value is -4.81. The number of hydrogen-bond donors (Lipinski definition) is 3. The van der Waals surface area contributed by atoms with E-state index in [0.717, 1.165) is 22.1 Å². The Morgan fingerprint density at radius 2 is 1.62 bits per heavy atom. The van der Waals surface area contributed by atoms with Gasteiger partial charge in [0.05, 0.1) is 46.5 Å². The lowest BCUT2D eigenvalue weighted by Gasteiger charge is -2.37. The van der Waals surface area contributed by atoms with Crippen LogP contribution >= 0.6 is 0 Å². The molecule has 2 aliphatic heterocycles. The molecule has 0 aromatic heterocycles. The summed E-state index contributed by atoms with van der Waals surface area (Å²) < 4.78 is 12.7. The van der Waals surface area contributed by atoms with Crippen molar-refractivity contribution in [1.29, 1.82) is 0 Å². The normalized spacial score (nSPS) is 21.4. The minimum Gasteiger partial charge on any atom is -0.497 e. The largest absolute Gasteiger partial charge is 0.497 e. The van der Waals surface area contributed by atoms with Gasteiger partial charge in [0, 0.05) is 30.3 Å². The maximum atomic E-state index is 15.2. The van der Waals surface area contributed by atoms with Crippen molar-refractivity contribution in [1.82, 2.24) is 4.90 Å². The van der Waals surface area contributed by atoms with Gasteiger partial charge in [-0.05, 0) is 53.9 Å². The maximum Gasteiger partial charge on any atom is 0.264 e. The van der Waals surface area contributed by atoms with Crippen LogP contribution in [-0.4, -0.2) is 73.4 Å². The summed E-state index contributed by atoms with van der Waals surface area (Å²) in [5, 5.41) is 23.9. The Bertz CT molecular complexity index is 1920. The highest BCUT2D eigenvalue weighted by molar-refractivity contribution is 6.91. The van der Waals surface area contributed by atoms with Gasteiger partial charge >= 0.3 is 0 Å². The predicted octanol–water partition coefficient (Wildman–Crippen LogP) is 5.19.